The van der Waals surface area contributed by atoms with Crippen molar-refractivity contribution in [1.82, 2.24) is 9.55 Å². The van der Waals surface area contributed by atoms with Crippen molar-refractivity contribution >= 4 is 0 Å². The summed E-state index contributed by atoms with van der Waals surface area (Å²) in [6, 6.07) is 0. The van der Waals surface area contributed by atoms with Crippen LogP contribution in [-0.2, 0) is 16.0 Å². The molecule has 1 atom stereocenters. The van der Waals surface area contributed by atoms with Gasteiger partial charge in [0.25, 0.3) is 0 Å². The Bertz CT molecular complexity index is 199. The average molecular weight is 170 g/mol. The predicted octanol–water partition coefficient (Wildman–Crippen LogP) is 0.545. The molecule has 12 heavy (non-hydrogen) atoms. The third-order valence-electron chi connectivity index (χ3n) is 1.66. The van der Waals surface area contributed by atoms with Crippen LogP contribution in [-0.4, -0.2) is 36.5 Å². The molecule has 0 aliphatic heterocycles. The van der Waals surface area contributed by atoms with Gasteiger partial charge in [-0.1, -0.05) is 0 Å². The number of ether oxygens (including phenoxy) is 2. The molecule has 1 unspecified atom stereocenters. The van der Waals surface area contributed by atoms with Crippen LogP contribution in [0.2, 0.25) is 0 Å². The van der Waals surface area contributed by atoms with Crippen molar-refractivity contribution in [1.29, 1.82) is 0 Å². The maximum Gasteiger partial charge on any atom is 0.0983 e. The predicted molar refractivity (Wildman–Crippen MR) is 44.9 cm³/mol. The normalized spacial score (nSPS) is 13.2. The molecule has 0 saturated carbocycles. The Morgan fingerprint density at radius 1 is 1.50 bits per heavy atom. The van der Waals surface area contributed by atoms with E-state index in [-0.39, 0.29) is 6.10 Å². The van der Waals surface area contributed by atoms with Crippen LogP contribution in [0, 0.1) is 0 Å². The van der Waals surface area contributed by atoms with Crippen molar-refractivity contribution < 1.29 is 9.47 Å². The molecule has 0 aliphatic rings. The second kappa shape index (κ2) is 4.90. The fourth-order valence-corrected chi connectivity index (χ4v) is 1.01. The van der Waals surface area contributed by atoms with E-state index in [2.05, 4.69) is 4.98 Å². The van der Waals surface area contributed by atoms with Gasteiger partial charge in [-0.3, -0.25) is 0 Å². The van der Waals surface area contributed by atoms with Crippen molar-refractivity contribution in [2.45, 2.75) is 12.6 Å². The third kappa shape index (κ3) is 2.64. The lowest BCUT2D eigenvalue weighted by Crippen LogP contribution is -2.23. The van der Waals surface area contributed by atoms with Crippen molar-refractivity contribution in [3.8, 4) is 0 Å². The quantitative estimate of drug-likeness (QED) is 0.647. The molecule has 0 saturated heterocycles. The van der Waals surface area contributed by atoms with E-state index in [1.807, 2.05) is 10.8 Å². The van der Waals surface area contributed by atoms with Crippen LogP contribution >= 0.6 is 0 Å². The molecule has 68 valence electrons. The Morgan fingerprint density at radius 2 is 2.33 bits per heavy atom. The van der Waals surface area contributed by atoms with Crippen LogP contribution in [0.5, 0.6) is 0 Å². The van der Waals surface area contributed by atoms with E-state index in [0.717, 1.165) is 6.54 Å². The first-order valence-corrected chi connectivity index (χ1v) is 3.84. The van der Waals surface area contributed by atoms with Crippen LogP contribution in [0.1, 0.15) is 0 Å². The minimum Gasteiger partial charge on any atom is -0.382 e. The summed E-state index contributed by atoms with van der Waals surface area (Å²) >= 11 is 0. The van der Waals surface area contributed by atoms with Gasteiger partial charge in [-0.05, 0) is 0 Å². The lowest BCUT2D eigenvalue weighted by Gasteiger charge is -2.14. The number of hydrogen-bond donors (Lipinski definition) is 0. The first kappa shape index (κ1) is 9.22. The van der Waals surface area contributed by atoms with Gasteiger partial charge in [0.2, 0.25) is 0 Å². The summed E-state index contributed by atoms with van der Waals surface area (Å²) < 4.78 is 12.1. The minimum absolute atomic E-state index is 0.101. The summed E-state index contributed by atoms with van der Waals surface area (Å²) in [7, 11) is 3.35. The van der Waals surface area contributed by atoms with Crippen LogP contribution in [0.3, 0.4) is 0 Å². The van der Waals surface area contributed by atoms with E-state index < -0.39 is 0 Å². The Labute approximate surface area is 72.1 Å². The largest absolute Gasteiger partial charge is 0.382 e. The van der Waals surface area contributed by atoms with Gasteiger partial charge in [0.05, 0.1) is 25.6 Å². The van der Waals surface area contributed by atoms with Gasteiger partial charge >= 0.3 is 0 Å². The van der Waals surface area contributed by atoms with E-state index in [0.29, 0.717) is 6.61 Å². The highest BCUT2D eigenvalue weighted by Gasteiger charge is 2.06. The molecule has 0 radical (unpaired) electrons. The molecule has 0 spiro atoms. The number of hydrogen-bond acceptors (Lipinski definition) is 3. The first-order valence-electron chi connectivity index (χ1n) is 3.84. The van der Waals surface area contributed by atoms with E-state index in [9.17, 15) is 0 Å². The van der Waals surface area contributed by atoms with Crippen LogP contribution in [0.15, 0.2) is 18.7 Å². The maximum atomic E-state index is 5.19. The van der Waals surface area contributed by atoms with E-state index in [1.165, 1.54) is 0 Å². The molecule has 1 aromatic rings. The average Bonchev–Trinajstić information content (AvgIpc) is 2.56. The van der Waals surface area contributed by atoms with Crippen LogP contribution in [0.4, 0.5) is 0 Å². The van der Waals surface area contributed by atoms with Gasteiger partial charge in [-0.2, -0.15) is 0 Å². The zero-order valence-electron chi connectivity index (χ0n) is 7.43. The second-order valence-electron chi connectivity index (χ2n) is 2.57. The van der Waals surface area contributed by atoms with Crippen molar-refractivity contribution in [3.63, 3.8) is 0 Å². The number of aromatic nitrogens is 2. The summed E-state index contributed by atoms with van der Waals surface area (Å²) in [4.78, 5) is 3.94. The summed E-state index contributed by atoms with van der Waals surface area (Å²) in [5, 5.41) is 0. The first-order chi connectivity index (χ1) is 5.86. The maximum absolute atomic E-state index is 5.19. The smallest absolute Gasteiger partial charge is 0.0983 e. The second-order valence-corrected chi connectivity index (χ2v) is 2.57. The fourth-order valence-electron chi connectivity index (χ4n) is 1.01. The molecule has 1 aromatic heterocycles. The topological polar surface area (TPSA) is 36.3 Å². The Balaban J connectivity index is 2.37. The van der Waals surface area contributed by atoms with Crippen molar-refractivity contribution in [2.75, 3.05) is 20.8 Å². The monoisotopic (exact) mass is 170 g/mol. The van der Waals surface area contributed by atoms with Gasteiger partial charge in [0, 0.05) is 26.6 Å². The lowest BCUT2D eigenvalue weighted by molar-refractivity contribution is 0.0183. The molecular weight excluding hydrogens is 156 g/mol. The third-order valence-corrected chi connectivity index (χ3v) is 1.66. The molecular formula is C8H14N2O2. The standard InChI is InChI=1S/C8H14N2O2/c1-11-6-8(12-2)5-10-4-3-9-7-10/h3-4,7-8H,5-6H2,1-2H3. The summed E-state index contributed by atoms with van der Waals surface area (Å²) in [6.45, 7) is 1.39. The van der Waals surface area contributed by atoms with Crippen LogP contribution < -0.4 is 0 Å². The Kier molecular flexibility index (Phi) is 3.76. The number of nitrogens with zero attached hydrogens (tertiary/aromatic N) is 2. The van der Waals surface area contributed by atoms with Crippen LogP contribution in [0.25, 0.3) is 0 Å². The summed E-state index contributed by atoms with van der Waals surface area (Å²) in [5.74, 6) is 0. The van der Waals surface area contributed by atoms with E-state index >= 15 is 0 Å². The molecule has 0 aliphatic carbocycles. The Hall–Kier alpha value is -0.870. The summed E-state index contributed by atoms with van der Waals surface area (Å²) in [6.07, 6.45) is 5.52. The van der Waals surface area contributed by atoms with E-state index in [1.54, 1.807) is 26.7 Å². The zero-order valence-corrected chi connectivity index (χ0v) is 7.43. The highest BCUT2D eigenvalue weighted by Crippen LogP contribution is 1.96. The highest BCUT2D eigenvalue weighted by atomic mass is 16.5. The molecule has 4 nitrogen and oxygen atoms in total. The van der Waals surface area contributed by atoms with E-state index in [4.69, 9.17) is 9.47 Å². The van der Waals surface area contributed by atoms with Gasteiger partial charge < -0.3 is 14.0 Å². The molecule has 0 bridgehead atoms. The van der Waals surface area contributed by atoms with Gasteiger partial charge in [0.15, 0.2) is 0 Å². The number of imidazole rings is 1. The minimum atomic E-state index is 0.101. The van der Waals surface area contributed by atoms with Gasteiger partial charge in [-0.25, -0.2) is 4.98 Å². The fraction of sp³-hybridized carbons (Fsp3) is 0.625. The molecule has 0 amide bonds. The molecule has 4 heteroatoms. The number of methoxy groups -OCH3 is 2. The molecule has 0 aromatic carbocycles. The zero-order chi connectivity index (χ0) is 8.81. The van der Waals surface area contributed by atoms with Gasteiger partial charge in [0.1, 0.15) is 0 Å². The SMILES string of the molecule is COCC(Cn1ccnc1)OC. The molecule has 0 fully saturated rings. The van der Waals surface area contributed by atoms with Crippen molar-refractivity contribution in [2.24, 2.45) is 0 Å². The molecule has 0 N–H and O–H groups in total. The van der Waals surface area contributed by atoms with Gasteiger partial charge in [-0.15, -0.1) is 0 Å². The van der Waals surface area contributed by atoms with Crippen molar-refractivity contribution in [3.05, 3.63) is 18.7 Å². The molecule has 1 heterocycles. The number of rotatable bonds is 5. The lowest BCUT2D eigenvalue weighted by atomic mass is 10.4. The Morgan fingerprint density at radius 3 is 2.83 bits per heavy atom. The molecule has 1 rings (SSSR count). The summed E-state index contributed by atoms with van der Waals surface area (Å²) in [5.41, 5.74) is 0. The highest BCUT2D eigenvalue weighted by molar-refractivity contribution is 4.75.